The Morgan fingerprint density at radius 2 is 1.14 bits per heavy atom. The zero-order valence-electron chi connectivity index (χ0n) is 27.1. The third-order valence-corrected chi connectivity index (χ3v) is 11.0. The number of aromatic nitrogens is 4. The molecule has 5 nitrogen and oxygen atoms in total. The summed E-state index contributed by atoms with van der Waals surface area (Å²) in [5, 5.41) is 6.82. The Hall–Kier alpha value is -6.63. The molecule has 6 heteroatoms. The number of thiophene rings is 1. The monoisotopic (exact) mass is 670 g/mol. The van der Waals surface area contributed by atoms with Crippen LogP contribution in [0.1, 0.15) is 0 Å². The van der Waals surface area contributed by atoms with Crippen molar-refractivity contribution >= 4 is 75.3 Å². The van der Waals surface area contributed by atoms with Crippen molar-refractivity contribution < 1.29 is 4.42 Å². The van der Waals surface area contributed by atoms with Crippen molar-refractivity contribution in [2.45, 2.75) is 0 Å². The van der Waals surface area contributed by atoms with Gasteiger partial charge in [0.25, 0.3) is 0 Å². The van der Waals surface area contributed by atoms with Crippen molar-refractivity contribution in [3.05, 3.63) is 158 Å². The normalized spacial score (nSPS) is 11.9. The first kappa shape index (κ1) is 28.2. The van der Waals surface area contributed by atoms with E-state index in [4.69, 9.17) is 19.4 Å². The van der Waals surface area contributed by atoms with E-state index in [9.17, 15) is 0 Å². The number of furan rings is 1. The van der Waals surface area contributed by atoms with E-state index in [1.54, 1.807) is 11.3 Å². The summed E-state index contributed by atoms with van der Waals surface area (Å²) in [6, 6.07) is 54.9. The summed E-state index contributed by atoms with van der Waals surface area (Å²) in [5.41, 5.74) is 7.76. The summed E-state index contributed by atoms with van der Waals surface area (Å²) in [7, 11) is 0. The van der Waals surface area contributed by atoms with Gasteiger partial charge in [-0.05, 0) is 54.6 Å². The van der Waals surface area contributed by atoms with Crippen LogP contribution < -0.4 is 0 Å². The van der Waals surface area contributed by atoms with Gasteiger partial charge >= 0.3 is 0 Å². The Kier molecular flexibility index (Phi) is 6.05. The fraction of sp³-hybridized carbons (Fsp3) is 0. The van der Waals surface area contributed by atoms with Crippen molar-refractivity contribution in [1.82, 2.24) is 19.5 Å². The van der Waals surface area contributed by atoms with Crippen molar-refractivity contribution in [3.8, 4) is 39.9 Å². The lowest BCUT2D eigenvalue weighted by atomic mass is 10.0. The highest BCUT2D eigenvalue weighted by Gasteiger charge is 2.21. The van der Waals surface area contributed by atoms with Crippen LogP contribution in [0.15, 0.2) is 162 Å². The molecular formula is C45H26N4OS. The second-order valence-corrected chi connectivity index (χ2v) is 13.9. The number of rotatable bonds is 4. The molecule has 0 saturated carbocycles. The molecule has 0 spiro atoms. The van der Waals surface area contributed by atoms with Gasteiger partial charge in [0.15, 0.2) is 17.5 Å². The van der Waals surface area contributed by atoms with Gasteiger partial charge in [-0.2, -0.15) is 0 Å². The molecule has 0 amide bonds. The summed E-state index contributed by atoms with van der Waals surface area (Å²) in [6.45, 7) is 0. The predicted molar refractivity (Wildman–Crippen MR) is 211 cm³/mol. The number of benzene rings is 7. The molecule has 0 fully saturated rings. The number of para-hydroxylation sites is 2. The maximum atomic E-state index is 6.64. The Balaban J connectivity index is 1.17. The third-order valence-electron chi connectivity index (χ3n) is 9.85. The minimum absolute atomic E-state index is 0.606. The molecule has 4 aromatic heterocycles. The van der Waals surface area contributed by atoms with Crippen LogP contribution in [-0.2, 0) is 0 Å². The van der Waals surface area contributed by atoms with Crippen LogP contribution >= 0.6 is 11.3 Å². The van der Waals surface area contributed by atoms with Crippen LogP contribution in [0.25, 0.3) is 104 Å². The highest BCUT2D eigenvalue weighted by atomic mass is 32.1. The molecule has 0 aliphatic heterocycles. The van der Waals surface area contributed by atoms with E-state index < -0.39 is 0 Å². The first-order chi connectivity index (χ1) is 25.3. The lowest BCUT2D eigenvalue weighted by molar-refractivity contribution is 0.669. The summed E-state index contributed by atoms with van der Waals surface area (Å²) >= 11 is 1.81. The van der Waals surface area contributed by atoms with E-state index in [1.165, 1.54) is 25.6 Å². The Morgan fingerprint density at radius 3 is 2.00 bits per heavy atom. The third kappa shape index (κ3) is 4.37. The molecule has 0 N–H and O–H groups in total. The topological polar surface area (TPSA) is 56.7 Å². The number of hydrogen-bond acceptors (Lipinski definition) is 5. The molecule has 7 aromatic carbocycles. The molecular weight excluding hydrogens is 645 g/mol. The SMILES string of the molecule is c1ccc(-c2nc(-c3ccc4sc5ccccc5c4c3)nc(-c3cccc4oc5cc6c(cc5c34)c3ccccc3n6-c3ccccc3)n2)cc1. The first-order valence-corrected chi connectivity index (χ1v) is 17.8. The number of nitrogens with zero attached hydrogens (tertiary/aromatic N) is 4. The molecule has 0 aliphatic rings. The average Bonchev–Trinajstić information content (AvgIpc) is 3.86. The zero-order chi connectivity index (χ0) is 33.5. The fourth-order valence-electron chi connectivity index (χ4n) is 7.54. The van der Waals surface area contributed by atoms with Gasteiger partial charge in [-0.3, -0.25) is 0 Å². The number of hydrogen-bond donors (Lipinski definition) is 0. The van der Waals surface area contributed by atoms with Crippen LogP contribution in [0, 0.1) is 0 Å². The van der Waals surface area contributed by atoms with E-state index >= 15 is 0 Å². The van der Waals surface area contributed by atoms with Crippen molar-refractivity contribution in [2.24, 2.45) is 0 Å². The smallest absolute Gasteiger partial charge is 0.164 e. The van der Waals surface area contributed by atoms with E-state index in [0.29, 0.717) is 17.5 Å². The Morgan fingerprint density at radius 1 is 0.431 bits per heavy atom. The maximum Gasteiger partial charge on any atom is 0.164 e. The summed E-state index contributed by atoms with van der Waals surface area (Å²) < 4.78 is 11.5. The van der Waals surface area contributed by atoms with E-state index in [-0.39, 0.29) is 0 Å². The maximum absolute atomic E-state index is 6.64. The molecule has 11 aromatic rings. The largest absolute Gasteiger partial charge is 0.456 e. The summed E-state index contributed by atoms with van der Waals surface area (Å²) in [4.78, 5) is 15.4. The van der Waals surface area contributed by atoms with Crippen LogP contribution in [0.3, 0.4) is 0 Å². The van der Waals surface area contributed by atoms with Crippen molar-refractivity contribution in [1.29, 1.82) is 0 Å². The Bertz CT molecular complexity index is 3140. The van der Waals surface area contributed by atoms with Gasteiger partial charge in [-0.15, -0.1) is 11.3 Å². The van der Waals surface area contributed by atoms with Gasteiger partial charge in [-0.25, -0.2) is 15.0 Å². The van der Waals surface area contributed by atoms with Gasteiger partial charge in [0.2, 0.25) is 0 Å². The molecule has 0 atom stereocenters. The minimum Gasteiger partial charge on any atom is -0.456 e. The minimum atomic E-state index is 0.606. The fourth-order valence-corrected chi connectivity index (χ4v) is 8.62. The van der Waals surface area contributed by atoms with Crippen LogP contribution in [0.4, 0.5) is 0 Å². The van der Waals surface area contributed by atoms with Gasteiger partial charge in [-0.1, -0.05) is 97.1 Å². The molecule has 11 rings (SSSR count). The van der Waals surface area contributed by atoms with Crippen LogP contribution in [-0.4, -0.2) is 19.5 Å². The average molecular weight is 671 g/mol. The van der Waals surface area contributed by atoms with Crippen LogP contribution in [0.5, 0.6) is 0 Å². The molecule has 0 saturated heterocycles. The van der Waals surface area contributed by atoms with Crippen molar-refractivity contribution in [2.75, 3.05) is 0 Å². The first-order valence-electron chi connectivity index (χ1n) is 16.9. The lowest BCUT2D eigenvalue weighted by Crippen LogP contribution is -2.00. The molecule has 0 aliphatic carbocycles. The molecule has 0 radical (unpaired) electrons. The summed E-state index contributed by atoms with van der Waals surface area (Å²) in [6.07, 6.45) is 0. The van der Waals surface area contributed by atoms with Gasteiger partial charge in [0.1, 0.15) is 11.2 Å². The highest BCUT2D eigenvalue weighted by molar-refractivity contribution is 7.25. The number of fused-ring (bicyclic) bond motifs is 9. The zero-order valence-corrected chi connectivity index (χ0v) is 27.9. The van der Waals surface area contributed by atoms with Gasteiger partial charge in [0.05, 0.1) is 11.0 Å². The molecule has 51 heavy (non-hydrogen) atoms. The lowest BCUT2D eigenvalue weighted by Gasteiger charge is -2.09. The molecule has 0 unspecified atom stereocenters. The van der Waals surface area contributed by atoms with Gasteiger partial charge < -0.3 is 8.98 Å². The van der Waals surface area contributed by atoms with Gasteiger partial charge in [0, 0.05) is 70.2 Å². The molecule has 0 bridgehead atoms. The van der Waals surface area contributed by atoms with Crippen LogP contribution in [0.2, 0.25) is 0 Å². The highest BCUT2D eigenvalue weighted by Crippen LogP contribution is 2.42. The quantitative estimate of drug-likeness (QED) is 0.187. The van der Waals surface area contributed by atoms with E-state index in [2.05, 4.69) is 120 Å². The molecule has 4 heterocycles. The van der Waals surface area contributed by atoms with Crippen molar-refractivity contribution in [3.63, 3.8) is 0 Å². The second-order valence-electron chi connectivity index (χ2n) is 12.8. The van der Waals surface area contributed by atoms with E-state index in [0.717, 1.165) is 60.7 Å². The Labute approximate surface area is 295 Å². The summed E-state index contributed by atoms with van der Waals surface area (Å²) in [5.74, 6) is 1.87. The molecule has 238 valence electrons. The van der Waals surface area contributed by atoms with E-state index in [1.807, 2.05) is 42.5 Å². The predicted octanol–water partition coefficient (Wildman–Crippen LogP) is 12.2. The standard InChI is InChI=1S/C45H26N4OS/c1-3-12-27(13-4-1)43-46-44(28-22-23-41-34(24-28)31-17-8-10-21-40(31)51-41)48-45(47-43)32-18-11-20-38-42(32)35-25-33-30-16-7-9-19-36(30)49(29-14-5-2-6-15-29)37(33)26-39(35)50-38/h1-26H. The second kappa shape index (κ2) is 10.9.